The van der Waals surface area contributed by atoms with Crippen molar-refractivity contribution in [2.24, 2.45) is 0 Å². The van der Waals surface area contributed by atoms with Gasteiger partial charge in [0.1, 0.15) is 6.33 Å². The standard InChI is InChI=1S/C23H27N5OS/c29-22(26-20-9-5-2-6-10-20)16-30-23-27-25-17-28(23)21-15-24-14-13-19(21)12-11-18-7-3-1-4-8-18/h1,3-4,7-8,13-15,17,20H,2,5-6,9-12,16H2,(H,26,29). The third-order valence-corrected chi connectivity index (χ3v) is 6.44. The van der Waals surface area contributed by atoms with E-state index in [1.165, 1.54) is 42.2 Å². The minimum absolute atomic E-state index is 0.0666. The van der Waals surface area contributed by atoms with Gasteiger partial charge < -0.3 is 5.32 Å². The van der Waals surface area contributed by atoms with E-state index in [9.17, 15) is 4.79 Å². The SMILES string of the molecule is O=C(CSc1nncn1-c1cnccc1CCc1ccccc1)NC1CCCCC1. The van der Waals surface area contributed by atoms with Gasteiger partial charge in [0.2, 0.25) is 5.91 Å². The Morgan fingerprint density at radius 1 is 1.10 bits per heavy atom. The van der Waals surface area contributed by atoms with Crippen LogP contribution in [0.1, 0.15) is 43.2 Å². The molecule has 0 saturated heterocycles. The van der Waals surface area contributed by atoms with Crippen LogP contribution in [0.4, 0.5) is 0 Å². The van der Waals surface area contributed by atoms with Crippen LogP contribution in [0, 0.1) is 0 Å². The molecule has 1 N–H and O–H groups in total. The molecule has 1 saturated carbocycles. The number of aryl methyl sites for hydroxylation is 2. The molecule has 7 heteroatoms. The summed E-state index contributed by atoms with van der Waals surface area (Å²) in [4.78, 5) is 16.7. The second kappa shape index (κ2) is 10.4. The monoisotopic (exact) mass is 421 g/mol. The Hall–Kier alpha value is -2.67. The van der Waals surface area contributed by atoms with Gasteiger partial charge in [-0.05, 0) is 42.9 Å². The molecule has 30 heavy (non-hydrogen) atoms. The molecule has 0 unspecified atom stereocenters. The van der Waals surface area contributed by atoms with Crippen LogP contribution in [0.2, 0.25) is 0 Å². The van der Waals surface area contributed by atoms with Gasteiger partial charge in [0, 0.05) is 12.2 Å². The third-order valence-electron chi connectivity index (χ3n) is 5.49. The van der Waals surface area contributed by atoms with Gasteiger partial charge in [-0.1, -0.05) is 61.4 Å². The molecule has 0 aliphatic heterocycles. The number of aromatic nitrogens is 4. The van der Waals surface area contributed by atoms with Crippen molar-refractivity contribution in [1.29, 1.82) is 0 Å². The number of amides is 1. The summed E-state index contributed by atoms with van der Waals surface area (Å²) in [6.07, 6.45) is 13.1. The van der Waals surface area contributed by atoms with E-state index in [1.54, 1.807) is 6.33 Å². The molecule has 0 bridgehead atoms. The molecule has 1 aliphatic carbocycles. The van der Waals surface area contributed by atoms with E-state index in [-0.39, 0.29) is 5.91 Å². The fourth-order valence-electron chi connectivity index (χ4n) is 3.90. The summed E-state index contributed by atoms with van der Waals surface area (Å²) in [6, 6.07) is 12.8. The number of hydrogen-bond acceptors (Lipinski definition) is 5. The summed E-state index contributed by atoms with van der Waals surface area (Å²) in [5.41, 5.74) is 3.45. The lowest BCUT2D eigenvalue weighted by molar-refractivity contribution is -0.119. The minimum Gasteiger partial charge on any atom is -0.353 e. The van der Waals surface area contributed by atoms with Crippen molar-refractivity contribution in [3.8, 4) is 5.69 Å². The molecule has 1 fully saturated rings. The van der Waals surface area contributed by atoms with Crippen molar-refractivity contribution in [1.82, 2.24) is 25.1 Å². The van der Waals surface area contributed by atoms with E-state index < -0.39 is 0 Å². The maximum atomic E-state index is 12.4. The lowest BCUT2D eigenvalue weighted by Crippen LogP contribution is -2.37. The first-order valence-corrected chi connectivity index (χ1v) is 11.6. The summed E-state index contributed by atoms with van der Waals surface area (Å²) >= 11 is 1.42. The molecule has 156 valence electrons. The van der Waals surface area contributed by atoms with Crippen LogP contribution >= 0.6 is 11.8 Å². The topological polar surface area (TPSA) is 72.7 Å². The van der Waals surface area contributed by atoms with Gasteiger partial charge in [0.25, 0.3) is 0 Å². The highest BCUT2D eigenvalue weighted by Crippen LogP contribution is 2.23. The van der Waals surface area contributed by atoms with Crippen LogP contribution in [0.15, 0.2) is 60.3 Å². The van der Waals surface area contributed by atoms with Gasteiger partial charge in [-0.2, -0.15) is 0 Å². The molecule has 0 spiro atoms. The molecule has 4 rings (SSSR count). The molecule has 1 aromatic carbocycles. The van der Waals surface area contributed by atoms with Crippen molar-refractivity contribution in [3.63, 3.8) is 0 Å². The van der Waals surface area contributed by atoms with E-state index in [0.29, 0.717) is 17.0 Å². The number of nitrogens with zero attached hydrogens (tertiary/aromatic N) is 4. The van der Waals surface area contributed by atoms with Gasteiger partial charge in [-0.15, -0.1) is 10.2 Å². The number of thioether (sulfide) groups is 1. The molecule has 2 aromatic heterocycles. The molecule has 2 heterocycles. The maximum Gasteiger partial charge on any atom is 0.230 e. The van der Waals surface area contributed by atoms with Crippen LogP contribution in [0.3, 0.4) is 0 Å². The maximum absolute atomic E-state index is 12.4. The second-order valence-corrected chi connectivity index (χ2v) is 8.61. The Labute approximate surface area is 181 Å². The van der Waals surface area contributed by atoms with Gasteiger partial charge in [-0.25, -0.2) is 0 Å². The first-order valence-electron chi connectivity index (χ1n) is 10.6. The molecular formula is C23H27N5OS. The Kier molecular flexibility index (Phi) is 7.13. The van der Waals surface area contributed by atoms with E-state index in [1.807, 2.05) is 29.1 Å². The van der Waals surface area contributed by atoms with Crippen molar-refractivity contribution in [3.05, 3.63) is 66.2 Å². The van der Waals surface area contributed by atoms with Crippen LogP contribution in [0.5, 0.6) is 0 Å². The molecule has 3 aromatic rings. The number of benzene rings is 1. The van der Waals surface area contributed by atoms with E-state index in [4.69, 9.17) is 0 Å². The van der Waals surface area contributed by atoms with E-state index in [2.05, 4.69) is 44.8 Å². The highest BCUT2D eigenvalue weighted by atomic mass is 32.2. The summed E-state index contributed by atoms with van der Waals surface area (Å²) in [5, 5.41) is 12.2. The number of carbonyl (C=O) groups is 1. The summed E-state index contributed by atoms with van der Waals surface area (Å²) < 4.78 is 1.94. The average molecular weight is 422 g/mol. The van der Waals surface area contributed by atoms with Crippen LogP contribution in [0.25, 0.3) is 5.69 Å². The average Bonchev–Trinajstić information content (AvgIpc) is 3.26. The Morgan fingerprint density at radius 2 is 1.93 bits per heavy atom. The van der Waals surface area contributed by atoms with Crippen molar-refractivity contribution in [2.45, 2.75) is 56.1 Å². The number of carbonyl (C=O) groups excluding carboxylic acids is 1. The van der Waals surface area contributed by atoms with Gasteiger partial charge >= 0.3 is 0 Å². The predicted molar refractivity (Wildman–Crippen MR) is 119 cm³/mol. The van der Waals surface area contributed by atoms with Crippen molar-refractivity contribution >= 4 is 17.7 Å². The Bertz CT molecular complexity index is 953. The molecule has 1 amide bonds. The van der Waals surface area contributed by atoms with Crippen LogP contribution in [-0.4, -0.2) is 37.5 Å². The summed E-state index contributed by atoms with van der Waals surface area (Å²) in [6.45, 7) is 0. The highest BCUT2D eigenvalue weighted by Gasteiger charge is 2.17. The van der Waals surface area contributed by atoms with Crippen LogP contribution in [-0.2, 0) is 17.6 Å². The summed E-state index contributed by atoms with van der Waals surface area (Å²) in [7, 11) is 0. The normalized spacial score (nSPS) is 14.5. The number of hydrogen-bond donors (Lipinski definition) is 1. The molecule has 6 nitrogen and oxygen atoms in total. The zero-order valence-electron chi connectivity index (χ0n) is 17.0. The number of nitrogens with one attached hydrogen (secondary N) is 1. The van der Waals surface area contributed by atoms with E-state index in [0.717, 1.165) is 31.4 Å². The third kappa shape index (κ3) is 5.48. The molecule has 0 atom stereocenters. The predicted octanol–water partition coefficient (Wildman–Crippen LogP) is 3.99. The molecule has 0 radical (unpaired) electrons. The largest absolute Gasteiger partial charge is 0.353 e. The number of pyridine rings is 1. The lowest BCUT2D eigenvalue weighted by atomic mass is 9.95. The lowest BCUT2D eigenvalue weighted by Gasteiger charge is -2.22. The minimum atomic E-state index is 0.0666. The second-order valence-electron chi connectivity index (χ2n) is 7.66. The van der Waals surface area contributed by atoms with Gasteiger partial charge in [0.05, 0.1) is 17.6 Å². The van der Waals surface area contributed by atoms with Crippen LogP contribution < -0.4 is 5.32 Å². The van der Waals surface area contributed by atoms with Gasteiger partial charge in [0.15, 0.2) is 5.16 Å². The Balaban J connectivity index is 1.40. The summed E-state index contributed by atoms with van der Waals surface area (Å²) in [5.74, 6) is 0.409. The zero-order chi connectivity index (χ0) is 20.6. The number of rotatable bonds is 8. The first-order chi connectivity index (χ1) is 14.8. The fraction of sp³-hybridized carbons (Fsp3) is 0.391. The van der Waals surface area contributed by atoms with E-state index >= 15 is 0 Å². The van der Waals surface area contributed by atoms with Gasteiger partial charge in [-0.3, -0.25) is 14.3 Å². The molecule has 1 aliphatic rings. The first kappa shape index (κ1) is 20.6. The fourth-order valence-corrected chi connectivity index (χ4v) is 4.63. The quantitative estimate of drug-likeness (QED) is 0.557. The molecular weight excluding hydrogens is 394 g/mol. The zero-order valence-corrected chi connectivity index (χ0v) is 17.9. The van der Waals surface area contributed by atoms with Crippen molar-refractivity contribution < 1.29 is 4.79 Å². The highest BCUT2D eigenvalue weighted by molar-refractivity contribution is 7.99. The smallest absolute Gasteiger partial charge is 0.230 e. The van der Waals surface area contributed by atoms with Crippen molar-refractivity contribution in [2.75, 3.05) is 5.75 Å². The Morgan fingerprint density at radius 3 is 2.77 bits per heavy atom.